The maximum atomic E-state index is 13.9. The van der Waals surface area contributed by atoms with E-state index in [1.165, 1.54) is 0 Å². The third-order valence-electron chi connectivity index (χ3n) is 11.5. The summed E-state index contributed by atoms with van der Waals surface area (Å²) < 4.78 is 45.3. The van der Waals surface area contributed by atoms with Gasteiger partial charge in [0.1, 0.15) is 11.4 Å². The molecule has 0 saturated carbocycles. The molecule has 4 saturated heterocycles. The molecule has 0 spiro atoms. The Morgan fingerprint density at radius 1 is 0.964 bits per heavy atom. The van der Waals surface area contributed by atoms with Crippen LogP contribution in [0.2, 0.25) is 5.02 Å². The molecule has 10 nitrogen and oxygen atoms in total. The number of carbonyl (C=O) groups excluding carboxylic acids is 2. The number of carbonyl (C=O) groups is 2. The van der Waals surface area contributed by atoms with E-state index in [1.807, 2.05) is 31.2 Å². The van der Waals surface area contributed by atoms with Crippen molar-refractivity contribution in [3.05, 3.63) is 64.3 Å². The van der Waals surface area contributed by atoms with Crippen molar-refractivity contribution >= 4 is 58.5 Å². The molecule has 3 aromatic rings. The molecule has 4 fully saturated rings. The lowest BCUT2D eigenvalue weighted by Gasteiger charge is -2.38. The Labute approximate surface area is 330 Å². The number of halogens is 4. The van der Waals surface area contributed by atoms with Crippen LogP contribution in [0.1, 0.15) is 80.9 Å². The van der Waals surface area contributed by atoms with Gasteiger partial charge in [-0.2, -0.15) is 18.2 Å². The molecule has 15 heteroatoms. The van der Waals surface area contributed by atoms with Crippen molar-refractivity contribution in [1.82, 2.24) is 24.9 Å². The van der Waals surface area contributed by atoms with Crippen LogP contribution >= 0.6 is 23.5 Å². The first kappa shape index (κ1) is 39.6. The third-order valence-corrected chi connectivity index (χ3v) is 12.8. The first-order chi connectivity index (χ1) is 26.4. The van der Waals surface area contributed by atoms with Gasteiger partial charge >= 0.3 is 6.18 Å². The molecular formula is C40H50ClF3N8O2S. The summed E-state index contributed by atoms with van der Waals surface area (Å²) in [6.45, 7) is 10.3. The van der Waals surface area contributed by atoms with Gasteiger partial charge in [-0.15, -0.1) is 0 Å². The van der Waals surface area contributed by atoms with Gasteiger partial charge < -0.3 is 20.0 Å². The zero-order valence-corrected chi connectivity index (χ0v) is 33.0. The van der Waals surface area contributed by atoms with Gasteiger partial charge in [0.2, 0.25) is 17.8 Å². The molecule has 2 unspecified atom stereocenters. The van der Waals surface area contributed by atoms with Gasteiger partial charge in [0.25, 0.3) is 0 Å². The number of hydrogen-bond acceptors (Lipinski definition) is 10. The van der Waals surface area contributed by atoms with Crippen molar-refractivity contribution in [2.75, 3.05) is 60.9 Å². The fourth-order valence-corrected chi connectivity index (χ4v) is 9.54. The second kappa shape index (κ2) is 17.3. The van der Waals surface area contributed by atoms with Crippen molar-refractivity contribution in [3.8, 4) is 0 Å². The van der Waals surface area contributed by atoms with E-state index in [2.05, 4.69) is 54.2 Å². The zero-order valence-electron chi connectivity index (χ0n) is 31.4. The number of imide groups is 1. The predicted molar refractivity (Wildman–Crippen MR) is 212 cm³/mol. The van der Waals surface area contributed by atoms with Crippen LogP contribution in [0, 0.1) is 18.8 Å². The molecule has 3 N–H and O–H groups in total. The number of alkyl halides is 3. The number of hydrogen-bond donors (Lipinski definition) is 3. The number of amides is 2. The standard InChI is InChI=1S/C40H50ClF3N8O2S/c1-25-4-3-15-52(23-25)37-33(40(42,43)44)22-45-39(48-37)46-35-9-6-30(20-26(35)2)55-49-28-13-16-50(17-14-28)24-27-11-18-51(19-12-27)29-5-7-31(34(41)21-29)32-8-10-36(53)47-38(32)54/h5-7,9,20-22,25,27-28,32,49H,3-4,8,10-19,23-24H2,1-2H3,(H,45,46,48)(H,47,53,54). The predicted octanol–water partition coefficient (Wildman–Crippen LogP) is 7.94. The minimum atomic E-state index is -4.53. The Kier molecular flexibility index (Phi) is 12.4. The van der Waals surface area contributed by atoms with Gasteiger partial charge in [0, 0.05) is 72.7 Å². The molecule has 7 rings (SSSR count). The topological polar surface area (TPSA) is 106 Å². The van der Waals surface area contributed by atoms with Crippen LogP contribution in [0.15, 0.2) is 47.5 Å². The van der Waals surface area contributed by atoms with E-state index in [-0.39, 0.29) is 29.5 Å². The lowest BCUT2D eigenvalue weighted by atomic mass is 9.90. The average molecular weight is 799 g/mol. The van der Waals surface area contributed by atoms with Crippen molar-refractivity contribution in [1.29, 1.82) is 0 Å². The normalized spacial score (nSPS) is 22.2. The quantitative estimate of drug-likeness (QED) is 0.138. The van der Waals surface area contributed by atoms with Gasteiger partial charge in [-0.1, -0.05) is 24.6 Å². The number of likely N-dealkylation sites (tertiary alicyclic amines) is 1. The summed E-state index contributed by atoms with van der Waals surface area (Å²) in [5.41, 5.74) is 2.78. The van der Waals surface area contributed by atoms with Gasteiger partial charge in [-0.05, 0) is 130 Å². The molecule has 55 heavy (non-hydrogen) atoms. The minimum absolute atomic E-state index is 0.0551. The van der Waals surface area contributed by atoms with Crippen LogP contribution in [0.3, 0.4) is 0 Å². The van der Waals surface area contributed by atoms with Crippen LogP contribution in [-0.4, -0.2) is 78.5 Å². The summed E-state index contributed by atoms with van der Waals surface area (Å²) in [4.78, 5) is 40.1. The molecule has 4 aliphatic heterocycles. The molecule has 296 valence electrons. The number of aryl methyl sites for hydroxylation is 1. The number of aromatic nitrogens is 2. The second-order valence-corrected chi connectivity index (χ2v) is 17.0. The van der Waals surface area contributed by atoms with Crippen LogP contribution in [0.5, 0.6) is 0 Å². The van der Waals surface area contributed by atoms with E-state index >= 15 is 0 Å². The molecule has 5 heterocycles. The highest BCUT2D eigenvalue weighted by Crippen LogP contribution is 2.38. The number of rotatable bonds is 10. The maximum absolute atomic E-state index is 13.9. The first-order valence-corrected chi connectivity index (χ1v) is 20.7. The van der Waals surface area contributed by atoms with E-state index in [1.54, 1.807) is 16.8 Å². The molecule has 1 aromatic heterocycles. The summed E-state index contributed by atoms with van der Waals surface area (Å²) in [7, 11) is 0. The van der Waals surface area contributed by atoms with Gasteiger partial charge in [0.15, 0.2) is 0 Å². The highest BCUT2D eigenvalue weighted by atomic mass is 35.5. The summed E-state index contributed by atoms with van der Waals surface area (Å²) >= 11 is 8.27. The molecule has 4 aliphatic rings. The van der Waals surface area contributed by atoms with Gasteiger partial charge in [-0.25, -0.2) is 4.98 Å². The summed E-state index contributed by atoms with van der Waals surface area (Å²) in [5, 5.41) is 6.17. The van der Waals surface area contributed by atoms with Crippen molar-refractivity contribution in [3.63, 3.8) is 0 Å². The van der Waals surface area contributed by atoms with Crippen molar-refractivity contribution in [2.45, 2.75) is 88.2 Å². The third kappa shape index (κ3) is 9.87. The molecule has 0 aliphatic carbocycles. The van der Waals surface area contributed by atoms with E-state index in [0.717, 1.165) is 105 Å². The number of nitrogens with one attached hydrogen (secondary N) is 3. The van der Waals surface area contributed by atoms with Crippen LogP contribution in [0.25, 0.3) is 0 Å². The summed E-state index contributed by atoms with van der Waals surface area (Å²) in [6, 6.07) is 12.4. The highest BCUT2D eigenvalue weighted by Gasteiger charge is 2.38. The minimum Gasteiger partial charge on any atom is -0.371 e. The summed E-state index contributed by atoms with van der Waals surface area (Å²) in [5.74, 6) is 0.178. The van der Waals surface area contributed by atoms with Crippen molar-refractivity contribution in [2.24, 2.45) is 11.8 Å². The number of piperidine rings is 4. The number of anilines is 4. The zero-order chi connectivity index (χ0) is 38.7. The smallest absolute Gasteiger partial charge is 0.371 e. The SMILES string of the molecule is Cc1cc(SNC2CCN(CC3CCN(c4ccc(C5CCC(=O)NC5=O)c(Cl)c4)CC3)CC2)ccc1Nc1ncc(C(F)(F)F)c(N2CCCC(C)C2)n1. The van der Waals surface area contributed by atoms with Crippen LogP contribution in [-0.2, 0) is 15.8 Å². The molecule has 0 bridgehead atoms. The largest absolute Gasteiger partial charge is 0.421 e. The molecule has 2 aromatic carbocycles. The van der Waals surface area contributed by atoms with Gasteiger partial charge in [-0.3, -0.25) is 19.6 Å². The maximum Gasteiger partial charge on any atom is 0.421 e. The van der Waals surface area contributed by atoms with Gasteiger partial charge in [0.05, 0.1) is 5.92 Å². The van der Waals surface area contributed by atoms with Crippen LogP contribution < -0.4 is 25.2 Å². The Morgan fingerprint density at radius 2 is 1.75 bits per heavy atom. The Bertz CT molecular complexity index is 1850. The number of benzene rings is 2. The lowest BCUT2D eigenvalue weighted by Crippen LogP contribution is -2.44. The monoisotopic (exact) mass is 798 g/mol. The lowest BCUT2D eigenvalue weighted by molar-refractivity contribution is -0.138. The Balaban J connectivity index is 0.846. The molecule has 2 amide bonds. The van der Waals surface area contributed by atoms with E-state index < -0.39 is 11.7 Å². The average Bonchev–Trinajstić information content (AvgIpc) is 3.16. The van der Waals surface area contributed by atoms with E-state index in [0.29, 0.717) is 48.8 Å². The molecule has 0 radical (unpaired) electrons. The van der Waals surface area contributed by atoms with Crippen molar-refractivity contribution < 1.29 is 22.8 Å². The fourth-order valence-electron chi connectivity index (χ4n) is 8.33. The summed E-state index contributed by atoms with van der Waals surface area (Å²) in [6.07, 6.45) is 3.42. The second-order valence-electron chi connectivity index (χ2n) is 15.7. The van der Waals surface area contributed by atoms with E-state index in [4.69, 9.17) is 11.6 Å². The fraction of sp³-hybridized carbons (Fsp3) is 0.550. The Hall–Kier alpha value is -3.59. The van der Waals surface area contributed by atoms with Crippen LogP contribution in [0.4, 0.5) is 36.3 Å². The molecule has 2 atom stereocenters. The Morgan fingerprint density at radius 3 is 2.44 bits per heavy atom. The first-order valence-electron chi connectivity index (χ1n) is 19.5. The number of nitrogens with zero attached hydrogens (tertiary/aromatic N) is 5. The molecular weight excluding hydrogens is 749 g/mol. The highest BCUT2D eigenvalue weighted by molar-refractivity contribution is 7.97. The van der Waals surface area contributed by atoms with E-state index in [9.17, 15) is 22.8 Å².